The molecule has 0 radical (unpaired) electrons. The predicted octanol–water partition coefficient (Wildman–Crippen LogP) is 3.95. The number of benzene rings is 1. The van der Waals surface area contributed by atoms with Gasteiger partial charge in [0.2, 0.25) is 0 Å². The molecule has 1 heterocycles. The zero-order chi connectivity index (χ0) is 14.8. The van der Waals surface area contributed by atoms with Gasteiger partial charge in [0.05, 0.1) is 6.61 Å². The SMILES string of the molecule is CC(C)C1CCC(N)C(CCc2ccc3c(c2)CCO3)C1. The summed E-state index contributed by atoms with van der Waals surface area (Å²) in [6, 6.07) is 7.14. The van der Waals surface area contributed by atoms with Gasteiger partial charge in [-0.25, -0.2) is 0 Å². The van der Waals surface area contributed by atoms with Crippen molar-refractivity contribution in [3.8, 4) is 5.75 Å². The molecule has 0 bridgehead atoms. The van der Waals surface area contributed by atoms with E-state index < -0.39 is 0 Å². The molecule has 116 valence electrons. The molecule has 1 aliphatic carbocycles. The zero-order valence-electron chi connectivity index (χ0n) is 13.5. The van der Waals surface area contributed by atoms with Crippen LogP contribution in [0.5, 0.6) is 5.75 Å². The molecule has 1 aromatic rings. The number of ether oxygens (including phenoxy) is 1. The largest absolute Gasteiger partial charge is 0.493 e. The molecule has 2 aliphatic rings. The Labute approximate surface area is 129 Å². The quantitative estimate of drug-likeness (QED) is 0.910. The summed E-state index contributed by atoms with van der Waals surface area (Å²) in [7, 11) is 0. The van der Waals surface area contributed by atoms with Gasteiger partial charge in [-0.2, -0.15) is 0 Å². The summed E-state index contributed by atoms with van der Waals surface area (Å²) in [6.45, 7) is 5.57. The van der Waals surface area contributed by atoms with Crippen LogP contribution >= 0.6 is 0 Å². The van der Waals surface area contributed by atoms with Gasteiger partial charge in [0.1, 0.15) is 5.75 Å². The van der Waals surface area contributed by atoms with Crippen LogP contribution in [0, 0.1) is 17.8 Å². The van der Waals surface area contributed by atoms with E-state index in [0.29, 0.717) is 12.0 Å². The van der Waals surface area contributed by atoms with Crippen molar-refractivity contribution < 1.29 is 4.74 Å². The summed E-state index contributed by atoms with van der Waals surface area (Å²) < 4.78 is 5.59. The van der Waals surface area contributed by atoms with E-state index in [1.165, 1.54) is 36.8 Å². The van der Waals surface area contributed by atoms with Crippen LogP contribution in [0.1, 0.15) is 50.7 Å². The smallest absolute Gasteiger partial charge is 0.122 e. The first-order valence-electron chi connectivity index (χ1n) is 8.63. The van der Waals surface area contributed by atoms with Gasteiger partial charge in [0, 0.05) is 12.5 Å². The van der Waals surface area contributed by atoms with Crippen LogP contribution in [-0.4, -0.2) is 12.6 Å². The fraction of sp³-hybridized carbons (Fsp3) is 0.684. The molecule has 0 spiro atoms. The highest BCUT2D eigenvalue weighted by atomic mass is 16.5. The Morgan fingerprint density at radius 2 is 2.14 bits per heavy atom. The van der Waals surface area contributed by atoms with E-state index in [-0.39, 0.29) is 0 Å². The van der Waals surface area contributed by atoms with Gasteiger partial charge in [0.25, 0.3) is 0 Å². The van der Waals surface area contributed by atoms with Crippen LogP contribution in [0.4, 0.5) is 0 Å². The molecule has 1 saturated carbocycles. The van der Waals surface area contributed by atoms with Crippen molar-refractivity contribution in [2.75, 3.05) is 6.61 Å². The minimum absolute atomic E-state index is 0.415. The monoisotopic (exact) mass is 287 g/mol. The lowest BCUT2D eigenvalue weighted by Crippen LogP contribution is -2.37. The van der Waals surface area contributed by atoms with E-state index in [4.69, 9.17) is 10.5 Å². The van der Waals surface area contributed by atoms with Gasteiger partial charge in [0.15, 0.2) is 0 Å². The molecule has 2 heteroatoms. The summed E-state index contributed by atoms with van der Waals surface area (Å²) in [5.41, 5.74) is 9.22. The van der Waals surface area contributed by atoms with Gasteiger partial charge < -0.3 is 10.5 Å². The van der Waals surface area contributed by atoms with Gasteiger partial charge >= 0.3 is 0 Å². The molecule has 0 aromatic heterocycles. The Hall–Kier alpha value is -1.02. The minimum atomic E-state index is 0.415. The number of fused-ring (bicyclic) bond motifs is 1. The van der Waals surface area contributed by atoms with E-state index in [1.807, 2.05) is 0 Å². The van der Waals surface area contributed by atoms with Crippen molar-refractivity contribution in [1.29, 1.82) is 0 Å². The summed E-state index contributed by atoms with van der Waals surface area (Å²) in [6.07, 6.45) is 7.34. The molecular weight excluding hydrogens is 258 g/mol. The molecule has 1 aromatic carbocycles. The summed E-state index contributed by atoms with van der Waals surface area (Å²) in [5.74, 6) is 3.48. The number of aryl methyl sites for hydroxylation is 1. The molecule has 3 unspecified atom stereocenters. The fourth-order valence-electron chi connectivity index (χ4n) is 4.01. The Bertz CT molecular complexity index is 482. The third kappa shape index (κ3) is 3.42. The molecule has 2 nitrogen and oxygen atoms in total. The third-order valence-corrected chi connectivity index (χ3v) is 5.58. The van der Waals surface area contributed by atoms with E-state index in [9.17, 15) is 0 Å². The van der Waals surface area contributed by atoms with E-state index in [0.717, 1.165) is 37.0 Å². The Morgan fingerprint density at radius 3 is 2.95 bits per heavy atom. The second-order valence-corrected chi connectivity index (χ2v) is 7.32. The second kappa shape index (κ2) is 6.39. The van der Waals surface area contributed by atoms with E-state index in [1.54, 1.807) is 0 Å². The van der Waals surface area contributed by atoms with Crippen LogP contribution in [0.2, 0.25) is 0 Å². The first-order valence-corrected chi connectivity index (χ1v) is 8.63. The lowest BCUT2D eigenvalue weighted by Gasteiger charge is -2.36. The maximum Gasteiger partial charge on any atom is 0.122 e. The molecule has 0 amide bonds. The summed E-state index contributed by atoms with van der Waals surface area (Å²) in [5, 5.41) is 0. The van der Waals surface area contributed by atoms with Crippen LogP contribution in [0.3, 0.4) is 0 Å². The first-order chi connectivity index (χ1) is 10.1. The molecule has 0 saturated heterocycles. The number of nitrogens with two attached hydrogens (primary N) is 1. The lowest BCUT2D eigenvalue weighted by atomic mass is 9.72. The van der Waals surface area contributed by atoms with Gasteiger partial charge in [-0.3, -0.25) is 0 Å². The predicted molar refractivity (Wildman–Crippen MR) is 87.6 cm³/mol. The summed E-state index contributed by atoms with van der Waals surface area (Å²) in [4.78, 5) is 0. The third-order valence-electron chi connectivity index (χ3n) is 5.58. The highest BCUT2D eigenvalue weighted by molar-refractivity contribution is 5.39. The maximum atomic E-state index is 6.38. The zero-order valence-corrected chi connectivity index (χ0v) is 13.5. The number of rotatable bonds is 4. The number of hydrogen-bond acceptors (Lipinski definition) is 2. The van der Waals surface area contributed by atoms with E-state index >= 15 is 0 Å². The van der Waals surface area contributed by atoms with Gasteiger partial charge in [-0.1, -0.05) is 26.0 Å². The van der Waals surface area contributed by atoms with Crippen molar-refractivity contribution in [1.82, 2.24) is 0 Å². The average Bonchev–Trinajstić information content (AvgIpc) is 2.93. The highest BCUT2D eigenvalue weighted by Crippen LogP contribution is 2.35. The molecule has 1 aliphatic heterocycles. The molecule has 1 fully saturated rings. The molecule has 3 atom stereocenters. The molecule has 3 rings (SSSR count). The Morgan fingerprint density at radius 1 is 1.29 bits per heavy atom. The molecule has 2 N–H and O–H groups in total. The van der Waals surface area contributed by atoms with E-state index in [2.05, 4.69) is 32.0 Å². The highest BCUT2D eigenvalue weighted by Gasteiger charge is 2.29. The standard InChI is InChI=1S/C19H29NO/c1-13(2)15-6-7-18(20)16(12-15)5-3-14-4-8-19-17(11-14)9-10-21-19/h4,8,11,13,15-16,18H,3,5-7,9-10,12,20H2,1-2H3. The first kappa shape index (κ1) is 14.9. The van der Waals surface area contributed by atoms with Crippen molar-refractivity contribution in [3.63, 3.8) is 0 Å². The van der Waals surface area contributed by atoms with Crippen LogP contribution < -0.4 is 10.5 Å². The topological polar surface area (TPSA) is 35.2 Å². The van der Waals surface area contributed by atoms with Crippen LogP contribution in [-0.2, 0) is 12.8 Å². The van der Waals surface area contributed by atoms with Gasteiger partial charge in [-0.15, -0.1) is 0 Å². The van der Waals surface area contributed by atoms with Crippen LogP contribution in [0.15, 0.2) is 18.2 Å². The van der Waals surface area contributed by atoms with Gasteiger partial charge in [-0.05, 0) is 67.1 Å². The lowest BCUT2D eigenvalue weighted by molar-refractivity contribution is 0.182. The maximum absolute atomic E-state index is 6.38. The molecule has 21 heavy (non-hydrogen) atoms. The minimum Gasteiger partial charge on any atom is -0.493 e. The summed E-state index contributed by atoms with van der Waals surface area (Å²) >= 11 is 0. The average molecular weight is 287 g/mol. The Balaban J connectivity index is 1.58. The number of hydrogen-bond donors (Lipinski definition) is 1. The Kier molecular flexibility index (Phi) is 4.54. The molecular formula is C19H29NO. The van der Waals surface area contributed by atoms with Crippen LogP contribution in [0.25, 0.3) is 0 Å². The van der Waals surface area contributed by atoms with Crippen molar-refractivity contribution in [3.05, 3.63) is 29.3 Å². The van der Waals surface area contributed by atoms with Crippen molar-refractivity contribution >= 4 is 0 Å². The van der Waals surface area contributed by atoms with Crippen molar-refractivity contribution in [2.24, 2.45) is 23.5 Å². The normalized spacial score (nSPS) is 28.5. The fourth-order valence-corrected chi connectivity index (χ4v) is 4.01. The van der Waals surface area contributed by atoms with Crippen molar-refractivity contribution in [2.45, 2.75) is 58.4 Å². The second-order valence-electron chi connectivity index (χ2n) is 7.32.